The van der Waals surface area contributed by atoms with Crippen molar-refractivity contribution in [1.29, 1.82) is 0 Å². The second kappa shape index (κ2) is 4.31. The van der Waals surface area contributed by atoms with E-state index >= 15 is 0 Å². The van der Waals surface area contributed by atoms with Gasteiger partial charge < -0.3 is 10.4 Å². The van der Waals surface area contributed by atoms with Crippen LogP contribution in [0.4, 0.5) is 0 Å². The van der Waals surface area contributed by atoms with E-state index in [4.69, 9.17) is 0 Å². The van der Waals surface area contributed by atoms with Gasteiger partial charge >= 0.3 is 0 Å². The largest absolute Gasteiger partial charge is 0.390 e. The summed E-state index contributed by atoms with van der Waals surface area (Å²) >= 11 is 4.18. The number of Topliss-reactive ketones (excluding diaryl/α,β-unsaturated/α-hetero) is 1. The minimum Gasteiger partial charge on any atom is -0.390 e. The van der Waals surface area contributed by atoms with Crippen LogP contribution in [0, 0.1) is 5.92 Å². The van der Waals surface area contributed by atoms with Crippen LogP contribution in [0.15, 0.2) is 0 Å². The molecule has 1 aliphatic rings. The second-order valence-electron chi connectivity index (χ2n) is 3.78. The average molecular weight is 217 g/mol. The number of rotatable bonds is 3. The molecule has 2 N–H and O–H groups in total. The maximum absolute atomic E-state index is 11.3. The topological polar surface area (TPSA) is 66.4 Å². The van der Waals surface area contributed by atoms with Crippen LogP contribution in [0.1, 0.15) is 20.3 Å². The van der Waals surface area contributed by atoms with Crippen LogP contribution < -0.4 is 5.32 Å². The number of carbonyl (C=O) groups is 2. The van der Waals surface area contributed by atoms with Gasteiger partial charge in [0.2, 0.25) is 5.91 Å². The molecular formula is C9H15NO3S. The third kappa shape index (κ3) is 2.27. The van der Waals surface area contributed by atoms with E-state index in [-0.39, 0.29) is 23.0 Å². The Morgan fingerprint density at radius 1 is 1.71 bits per heavy atom. The standard InChI is InChI=1S/C9H15NO3S/c1-4(14)3-6-8(12)7(5(2)11)9(13)10-6/h4,6-8,12,14H,3H2,1-2H3,(H,10,13). The van der Waals surface area contributed by atoms with Crippen molar-refractivity contribution in [3.05, 3.63) is 0 Å². The first kappa shape index (κ1) is 11.5. The van der Waals surface area contributed by atoms with Crippen LogP contribution in [0.25, 0.3) is 0 Å². The molecule has 1 heterocycles. The van der Waals surface area contributed by atoms with Crippen LogP contribution in [-0.4, -0.2) is 34.2 Å². The number of thiol groups is 1. The predicted molar refractivity (Wildman–Crippen MR) is 55.2 cm³/mol. The van der Waals surface area contributed by atoms with Crippen molar-refractivity contribution in [2.24, 2.45) is 5.92 Å². The molecular weight excluding hydrogens is 202 g/mol. The van der Waals surface area contributed by atoms with Crippen molar-refractivity contribution >= 4 is 24.3 Å². The summed E-state index contributed by atoms with van der Waals surface area (Å²) in [7, 11) is 0. The van der Waals surface area contributed by atoms with Crippen molar-refractivity contribution in [3.8, 4) is 0 Å². The minimum atomic E-state index is -0.908. The van der Waals surface area contributed by atoms with Gasteiger partial charge in [-0.05, 0) is 13.3 Å². The molecule has 1 saturated heterocycles. The van der Waals surface area contributed by atoms with Crippen molar-refractivity contribution in [2.45, 2.75) is 37.7 Å². The van der Waals surface area contributed by atoms with Gasteiger partial charge in [0.05, 0.1) is 12.1 Å². The summed E-state index contributed by atoms with van der Waals surface area (Å²) in [6, 6.07) is -0.344. The summed E-state index contributed by atoms with van der Waals surface area (Å²) < 4.78 is 0. The van der Waals surface area contributed by atoms with Gasteiger partial charge in [-0.15, -0.1) is 0 Å². The quantitative estimate of drug-likeness (QED) is 0.451. The highest BCUT2D eigenvalue weighted by Gasteiger charge is 2.43. The van der Waals surface area contributed by atoms with Crippen LogP contribution in [0.5, 0.6) is 0 Å². The zero-order chi connectivity index (χ0) is 10.9. The lowest BCUT2D eigenvalue weighted by Crippen LogP contribution is -2.34. The van der Waals surface area contributed by atoms with Crippen molar-refractivity contribution in [3.63, 3.8) is 0 Å². The Kier molecular flexibility index (Phi) is 3.55. The number of amides is 1. The first-order valence-electron chi connectivity index (χ1n) is 4.60. The minimum absolute atomic E-state index is 0.0839. The number of carbonyl (C=O) groups excluding carboxylic acids is 2. The molecule has 0 spiro atoms. The lowest BCUT2D eigenvalue weighted by molar-refractivity contribution is -0.132. The molecule has 4 unspecified atom stereocenters. The molecule has 0 aromatic carbocycles. The lowest BCUT2D eigenvalue weighted by Gasteiger charge is -2.17. The van der Waals surface area contributed by atoms with Crippen molar-refractivity contribution in [2.75, 3.05) is 0 Å². The Morgan fingerprint density at radius 3 is 2.64 bits per heavy atom. The summed E-state index contributed by atoms with van der Waals surface area (Å²) in [5.74, 6) is -1.56. The summed E-state index contributed by atoms with van der Waals surface area (Å²) in [6.07, 6.45) is -0.339. The number of aliphatic hydroxyl groups excluding tert-OH is 1. The monoisotopic (exact) mass is 217 g/mol. The summed E-state index contributed by atoms with van der Waals surface area (Å²) in [5.41, 5.74) is 0. The molecule has 0 aromatic rings. The molecule has 0 radical (unpaired) electrons. The second-order valence-corrected chi connectivity index (χ2v) is 4.66. The van der Waals surface area contributed by atoms with E-state index in [0.717, 1.165) is 0 Å². The van der Waals surface area contributed by atoms with Crippen molar-refractivity contribution < 1.29 is 14.7 Å². The van der Waals surface area contributed by atoms with E-state index in [9.17, 15) is 14.7 Å². The van der Waals surface area contributed by atoms with E-state index in [1.807, 2.05) is 6.92 Å². The molecule has 1 rings (SSSR count). The van der Waals surface area contributed by atoms with Gasteiger partial charge in [-0.2, -0.15) is 12.6 Å². The molecule has 5 heteroatoms. The molecule has 80 valence electrons. The third-order valence-electron chi connectivity index (χ3n) is 2.40. The lowest BCUT2D eigenvalue weighted by atomic mass is 9.95. The molecule has 0 aromatic heterocycles. The van der Waals surface area contributed by atoms with Crippen LogP contribution in [0.3, 0.4) is 0 Å². The summed E-state index contributed by atoms with van der Waals surface area (Å²) in [4.78, 5) is 22.4. The molecule has 1 aliphatic heterocycles. The van der Waals surface area contributed by atoms with E-state index in [1.165, 1.54) is 6.92 Å². The van der Waals surface area contributed by atoms with Gasteiger partial charge in [0.15, 0.2) is 0 Å². The number of hydrogen-bond donors (Lipinski definition) is 3. The van der Waals surface area contributed by atoms with Crippen molar-refractivity contribution in [1.82, 2.24) is 5.32 Å². The molecule has 0 aliphatic carbocycles. The molecule has 1 fully saturated rings. The van der Waals surface area contributed by atoms with Gasteiger partial charge in [-0.3, -0.25) is 9.59 Å². The zero-order valence-corrected chi connectivity index (χ0v) is 9.12. The SMILES string of the molecule is CC(=O)C1C(=O)NC(CC(C)S)C1O. The fourth-order valence-corrected chi connectivity index (χ4v) is 1.96. The molecule has 14 heavy (non-hydrogen) atoms. The number of aliphatic hydroxyl groups is 1. The number of nitrogens with one attached hydrogen (secondary N) is 1. The molecule has 0 saturated carbocycles. The predicted octanol–water partition coefficient (Wildman–Crippen LogP) is -0.241. The Morgan fingerprint density at radius 2 is 2.29 bits per heavy atom. The third-order valence-corrected chi connectivity index (χ3v) is 2.61. The van der Waals surface area contributed by atoms with E-state index in [2.05, 4.69) is 17.9 Å². The van der Waals surface area contributed by atoms with E-state index in [1.54, 1.807) is 0 Å². The number of hydrogen-bond acceptors (Lipinski definition) is 4. The first-order valence-corrected chi connectivity index (χ1v) is 5.12. The van der Waals surface area contributed by atoms with Crippen LogP contribution in [-0.2, 0) is 9.59 Å². The molecule has 4 atom stereocenters. The summed E-state index contributed by atoms with van der Waals surface area (Å²) in [6.45, 7) is 3.20. The highest BCUT2D eigenvalue weighted by atomic mass is 32.1. The molecule has 4 nitrogen and oxygen atoms in total. The fraction of sp³-hybridized carbons (Fsp3) is 0.778. The maximum atomic E-state index is 11.3. The highest BCUT2D eigenvalue weighted by Crippen LogP contribution is 2.21. The van der Waals surface area contributed by atoms with Gasteiger partial charge in [-0.1, -0.05) is 6.92 Å². The smallest absolute Gasteiger partial charge is 0.233 e. The number of ketones is 1. The van der Waals surface area contributed by atoms with Gasteiger partial charge in [0.1, 0.15) is 11.7 Å². The Labute approximate surface area is 88.5 Å². The van der Waals surface area contributed by atoms with Crippen LogP contribution in [0.2, 0.25) is 0 Å². The Bertz CT molecular complexity index is 254. The van der Waals surface area contributed by atoms with E-state index in [0.29, 0.717) is 6.42 Å². The highest BCUT2D eigenvalue weighted by molar-refractivity contribution is 7.80. The molecule has 0 bridgehead atoms. The van der Waals surface area contributed by atoms with Crippen LogP contribution >= 0.6 is 12.6 Å². The Hall–Kier alpha value is -0.550. The normalized spacial score (nSPS) is 34.0. The fourth-order valence-electron chi connectivity index (χ4n) is 1.74. The molecule has 1 amide bonds. The first-order chi connectivity index (χ1) is 6.43. The van der Waals surface area contributed by atoms with Gasteiger partial charge in [0.25, 0.3) is 0 Å². The van der Waals surface area contributed by atoms with E-state index < -0.39 is 12.0 Å². The van der Waals surface area contributed by atoms with Gasteiger partial charge in [-0.25, -0.2) is 0 Å². The summed E-state index contributed by atoms with van der Waals surface area (Å²) in [5, 5.41) is 12.4. The average Bonchev–Trinajstić information content (AvgIpc) is 2.25. The Balaban J connectivity index is 2.69. The maximum Gasteiger partial charge on any atom is 0.233 e. The zero-order valence-electron chi connectivity index (χ0n) is 8.23. The van der Waals surface area contributed by atoms with Gasteiger partial charge in [0, 0.05) is 5.25 Å².